The first-order chi connectivity index (χ1) is 25.2. The molecule has 272 valence electrons. The van der Waals surface area contributed by atoms with Crippen molar-refractivity contribution in [2.45, 2.75) is 27.7 Å². The second kappa shape index (κ2) is 17.8. The lowest BCUT2D eigenvalue weighted by molar-refractivity contribution is 0.0516. The van der Waals surface area contributed by atoms with Crippen molar-refractivity contribution in [2.24, 2.45) is 0 Å². The third-order valence-corrected chi connectivity index (χ3v) is 8.75. The molecule has 14 heteroatoms. The van der Waals surface area contributed by atoms with E-state index in [0.29, 0.717) is 74.6 Å². The number of ether oxygens (including phenoxy) is 2. The highest BCUT2D eigenvalue weighted by Crippen LogP contribution is 2.23. The van der Waals surface area contributed by atoms with E-state index in [4.69, 9.17) is 9.47 Å². The summed E-state index contributed by atoms with van der Waals surface area (Å²) in [5.74, 6) is -1.07. The zero-order valence-electron chi connectivity index (χ0n) is 30.0. The Kier molecular flexibility index (Phi) is 12.8. The number of carbonyl (C=O) groups is 4. The molecule has 5 rings (SSSR count). The van der Waals surface area contributed by atoms with Gasteiger partial charge in [-0.25, -0.2) is 9.59 Å². The number of ketones is 2. The van der Waals surface area contributed by atoms with Crippen LogP contribution in [0.2, 0.25) is 0 Å². The average molecular weight is 709 g/mol. The summed E-state index contributed by atoms with van der Waals surface area (Å²) in [7, 11) is 0. The topological polar surface area (TPSA) is 151 Å². The summed E-state index contributed by atoms with van der Waals surface area (Å²) < 4.78 is 10.5. The quantitative estimate of drug-likeness (QED) is 0.169. The first-order valence-electron chi connectivity index (χ1n) is 17.3. The van der Waals surface area contributed by atoms with Gasteiger partial charge in [-0.15, -0.1) is 0 Å². The molecule has 0 spiro atoms. The van der Waals surface area contributed by atoms with Gasteiger partial charge in [-0.3, -0.25) is 29.5 Å². The second-order valence-corrected chi connectivity index (χ2v) is 12.2. The van der Waals surface area contributed by atoms with Crippen LogP contribution in [0.15, 0.2) is 73.8 Å². The predicted molar refractivity (Wildman–Crippen MR) is 198 cm³/mol. The minimum atomic E-state index is -0.452. The lowest BCUT2D eigenvalue weighted by Gasteiger charge is -2.37. The molecule has 5 heterocycles. The number of Topliss-reactive ketones (excluding diaryl/α,β-unsaturated/α-hetero) is 2. The van der Waals surface area contributed by atoms with Gasteiger partial charge in [0, 0.05) is 88.3 Å². The van der Waals surface area contributed by atoms with Crippen LogP contribution in [-0.2, 0) is 9.47 Å². The van der Waals surface area contributed by atoms with Gasteiger partial charge in [-0.2, -0.15) is 0 Å². The summed E-state index contributed by atoms with van der Waals surface area (Å²) in [6, 6.07) is 7.26. The Morgan fingerprint density at radius 2 is 0.712 bits per heavy atom. The zero-order chi connectivity index (χ0) is 37.0. The smallest absolute Gasteiger partial charge is 0.339 e. The van der Waals surface area contributed by atoms with E-state index in [1.54, 1.807) is 63.2 Å². The molecule has 1 fully saturated rings. The van der Waals surface area contributed by atoms with Crippen LogP contribution in [0.5, 0.6) is 0 Å². The number of carbonyl (C=O) groups excluding carboxylic acids is 4. The van der Waals surface area contributed by atoms with Crippen LogP contribution in [0.1, 0.15) is 69.1 Å². The maximum absolute atomic E-state index is 12.7. The summed E-state index contributed by atoms with van der Waals surface area (Å²) in [5, 5.41) is 0. The van der Waals surface area contributed by atoms with Crippen molar-refractivity contribution < 1.29 is 28.7 Å². The van der Waals surface area contributed by atoms with E-state index in [9.17, 15) is 19.2 Å². The Morgan fingerprint density at radius 1 is 0.462 bits per heavy atom. The van der Waals surface area contributed by atoms with E-state index in [1.807, 2.05) is 12.1 Å². The Labute approximate surface area is 303 Å². The SMILES string of the molecule is CCOC(=O)c1cncc(N2CCN(c3cncc(C(C)=O)c3)CCN(c3cncc(C(C)=O)c3)CCN(c3cncc(C(=O)OCC)c3)CC2)c1. The molecule has 0 unspecified atom stereocenters. The predicted octanol–water partition coefficient (Wildman–Crippen LogP) is 4.37. The van der Waals surface area contributed by atoms with Crippen molar-refractivity contribution in [2.75, 3.05) is 85.2 Å². The molecule has 0 bridgehead atoms. The van der Waals surface area contributed by atoms with Crippen molar-refractivity contribution in [1.82, 2.24) is 19.9 Å². The summed E-state index contributed by atoms with van der Waals surface area (Å²) in [6.07, 6.45) is 13.1. The highest BCUT2D eigenvalue weighted by molar-refractivity contribution is 5.95. The van der Waals surface area contributed by atoms with Crippen LogP contribution in [0, 0.1) is 0 Å². The molecule has 1 aliphatic rings. The van der Waals surface area contributed by atoms with E-state index in [1.165, 1.54) is 26.2 Å². The maximum atomic E-state index is 12.7. The van der Waals surface area contributed by atoms with Crippen LogP contribution in [0.4, 0.5) is 22.7 Å². The fraction of sp³-hybridized carbons (Fsp3) is 0.368. The van der Waals surface area contributed by atoms with Crippen molar-refractivity contribution in [3.05, 3.63) is 96.1 Å². The fourth-order valence-electron chi connectivity index (χ4n) is 5.89. The summed E-state index contributed by atoms with van der Waals surface area (Å²) in [6.45, 7) is 11.3. The molecule has 4 aromatic heterocycles. The van der Waals surface area contributed by atoms with Crippen molar-refractivity contribution in [3.8, 4) is 0 Å². The zero-order valence-corrected chi connectivity index (χ0v) is 30.0. The third kappa shape index (κ3) is 9.65. The van der Waals surface area contributed by atoms with Gasteiger partial charge in [0.05, 0.1) is 71.9 Å². The molecule has 0 saturated carbocycles. The molecule has 0 amide bonds. The van der Waals surface area contributed by atoms with Crippen LogP contribution in [-0.4, -0.2) is 109 Å². The van der Waals surface area contributed by atoms with Gasteiger partial charge in [-0.1, -0.05) is 0 Å². The molecule has 1 aliphatic heterocycles. The monoisotopic (exact) mass is 708 g/mol. The number of pyridine rings is 4. The van der Waals surface area contributed by atoms with Crippen molar-refractivity contribution in [3.63, 3.8) is 0 Å². The Hall–Kier alpha value is -5.92. The molecule has 1 saturated heterocycles. The molecule has 0 atom stereocenters. The molecular formula is C38H44N8O6. The Morgan fingerprint density at radius 3 is 0.962 bits per heavy atom. The van der Waals surface area contributed by atoms with Gasteiger partial charge in [0.1, 0.15) is 0 Å². The van der Waals surface area contributed by atoms with Crippen LogP contribution in [0.25, 0.3) is 0 Å². The molecular weight excluding hydrogens is 664 g/mol. The lowest BCUT2D eigenvalue weighted by atomic mass is 10.1. The number of rotatable bonds is 10. The van der Waals surface area contributed by atoms with Gasteiger partial charge in [0.15, 0.2) is 11.6 Å². The molecule has 52 heavy (non-hydrogen) atoms. The minimum Gasteiger partial charge on any atom is -0.462 e. The number of nitrogens with zero attached hydrogens (tertiary/aromatic N) is 8. The van der Waals surface area contributed by atoms with Crippen LogP contribution in [0.3, 0.4) is 0 Å². The normalized spacial score (nSPS) is 14.2. The summed E-state index contributed by atoms with van der Waals surface area (Å²) in [4.78, 5) is 76.2. The van der Waals surface area contributed by atoms with Gasteiger partial charge in [-0.05, 0) is 52.0 Å². The summed E-state index contributed by atoms with van der Waals surface area (Å²) in [5.41, 5.74) is 4.79. The van der Waals surface area contributed by atoms with Crippen LogP contribution < -0.4 is 19.6 Å². The summed E-state index contributed by atoms with van der Waals surface area (Å²) >= 11 is 0. The van der Waals surface area contributed by atoms with Crippen molar-refractivity contribution in [1.29, 1.82) is 0 Å². The maximum Gasteiger partial charge on any atom is 0.339 e. The van der Waals surface area contributed by atoms with Gasteiger partial charge < -0.3 is 29.1 Å². The second-order valence-electron chi connectivity index (χ2n) is 12.2. The van der Waals surface area contributed by atoms with Crippen molar-refractivity contribution >= 4 is 46.3 Å². The molecule has 0 N–H and O–H groups in total. The van der Waals surface area contributed by atoms with Gasteiger partial charge in [0.2, 0.25) is 0 Å². The molecule has 0 radical (unpaired) electrons. The van der Waals surface area contributed by atoms with E-state index in [-0.39, 0.29) is 24.8 Å². The number of hydrogen-bond donors (Lipinski definition) is 0. The molecule has 4 aromatic rings. The van der Waals surface area contributed by atoms with E-state index in [2.05, 4.69) is 39.5 Å². The third-order valence-electron chi connectivity index (χ3n) is 8.75. The average Bonchev–Trinajstić information content (AvgIpc) is 3.15. The molecule has 0 aromatic carbocycles. The van der Waals surface area contributed by atoms with Crippen LogP contribution >= 0.6 is 0 Å². The fourth-order valence-corrected chi connectivity index (χ4v) is 5.89. The molecule has 14 nitrogen and oxygen atoms in total. The van der Waals surface area contributed by atoms with E-state index in [0.717, 1.165) is 22.7 Å². The lowest BCUT2D eigenvalue weighted by Crippen LogP contribution is -2.46. The number of aromatic nitrogens is 4. The highest BCUT2D eigenvalue weighted by atomic mass is 16.5. The largest absolute Gasteiger partial charge is 0.462 e. The number of anilines is 4. The Balaban J connectivity index is 1.55. The van der Waals surface area contributed by atoms with Gasteiger partial charge in [0.25, 0.3) is 0 Å². The molecule has 0 aliphatic carbocycles. The van der Waals surface area contributed by atoms with E-state index >= 15 is 0 Å². The van der Waals surface area contributed by atoms with Gasteiger partial charge >= 0.3 is 11.9 Å². The Bertz CT molecular complexity index is 1750. The first-order valence-corrected chi connectivity index (χ1v) is 17.3. The number of esters is 2. The highest BCUT2D eigenvalue weighted by Gasteiger charge is 2.21. The minimum absolute atomic E-state index is 0.0810. The van der Waals surface area contributed by atoms with E-state index < -0.39 is 11.9 Å². The standard InChI is InChI=1S/C38H44N8O6/c1-5-51-37(49)31-17-35(25-41-21-31)45-11-9-43(33-15-29(27(3)47)19-39-23-33)7-8-44(34-16-30(28(4)48)20-40-24-34)10-12-46(14-13-45)36-18-32(22-42-26-36)38(50)52-6-2/h15-26H,5-14H2,1-4H3. The first kappa shape index (κ1) is 37.3. The number of hydrogen-bond acceptors (Lipinski definition) is 14.